The summed E-state index contributed by atoms with van der Waals surface area (Å²) in [5.41, 5.74) is 1.23. The van der Waals surface area contributed by atoms with Crippen LogP contribution in [0.5, 0.6) is 0 Å². The number of benzene rings is 3. The van der Waals surface area contributed by atoms with E-state index in [9.17, 15) is 14.7 Å². The van der Waals surface area contributed by atoms with Crippen LogP contribution < -0.4 is 5.32 Å². The predicted molar refractivity (Wildman–Crippen MR) is 104 cm³/mol. The second kappa shape index (κ2) is 7.77. The van der Waals surface area contributed by atoms with Gasteiger partial charge in [0, 0.05) is 6.42 Å². The molecule has 0 saturated heterocycles. The Labute approximate surface area is 160 Å². The molecule has 0 radical (unpaired) electrons. The molecule has 0 aromatic heterocycles. The minimum atomic E-state index is -1.09. The van der Waals surface area contributed by atoms with Crippen LogP contribution in [-0.4, -0.2) is 17.0 Å². The molecule has 0 aliphatic heterocycles. The summed E-state index contributed by atoms with van der Waals surface area (Å²) < 4.78 is 0. The van der Waals surface area contributed by atoms with Crippen LogP contribution in [0.4, 0.5) is 5.69 Å². The monoisotopic (exact) mass is 387 g/mol. The zero-order chi connectivity index (χ0) is 18.7. The van der Waals surface area contributed by atoms with Crippen molar-refractivity contribution >= 4 is 51.5 Å². The average molecular weight is 388 g/mol. The van der Waals surface area contributed by atoms with Crippen LogP contribution >= 0.6 is 23.2 Å². The number of carboxylic acids is 1. The number of fused-ring (bicyclic) bond motifs is 1. The molecule has 0 aliphatic carbocycles. The lowest BCUT2D eigenvalue weighted by Gasteiger charge is -2.11. The Hall–Kier alpha value is -2.56. The molecule has 0 spiro atoms. The number of carboxylic acid groups (broad SMARTS) is 1. The SMILES string of the molecule is O=C(CCc1ccc(Cl)c(Cl)c1)Nc1cc2ccccc2cc1C(=O)O. The van der Waals surface area contributed by atoms with E-state index in [-0.39, 0.29) is 23.6 Å². The molecule has 0 fully saturated rings. The van der Waals surface area contributed by atoms with E-state index in [1.165, 1.54) is 0 Å². The Kier molecular flexibility index (Phi) is 5.45. The topological polar surface area (TPSA) is 66.4 Å². The van der Waals surface area contributed by atoms with E-state index in [1.54, 1.807) is 30.3 Å². The molecule has 1 amide bonds. The first-order valence-electron chi connectivity index (χ1n) is 7.94. The van der Waals surface area contributed by atoms with Crippen molar-refractivity contribution in [3.8, 4) is 0 Å². The molecule has 0 atom stereocenters. The molecule has 0 aliphatic rings. The molecule has 3 aromatic carbocycles. The maximum Gasteiger partial charge on any atom is 0.337 e. The molecule has 4 nitrogen and oxygen atoms in total. The lowest BCUT2D eigenvalue weighted by molar-refractivity contribution is -0.116. The van der Waals surface area contributed by atoms with Gasteiger partial charge in [-0.3, -0.25) is 4.79 Å². The highest BCUT2D eigenvalue weighted by molar-refractivity contribution is 6.42. The number of nitrogens with one attached hydrogen (secondary N) is 1. The van der Waals surface area contributed by atoms with Crippen LogP contribution in [0, 0.1) is 0 Å². The molecule has 132 valence electrons. The van der Waals surface area contributed by atoms with E-state index in [1.807, 2.05) is 24.3 Å². The fourth-order valence-electron chi connectivity index (χ4n) is 2.69. The molecular weight excluding hydrogens is 373 g/mol. The van der Waals surface area contributed by atoms with Crippen LogP contribution in [0.25, 0.3) is 10.8 Å². The van der Waals surface area contributed by atoms with Gasteiger partial charge in [-0.1, -0.05) is 53.5 Å². The van der Waals surface area contributed by atoms with Crippen LogP contribution in [0.3, 0.4) is 0 Å². The minimum absolute atomic E-state index is 0.0617. The van der Waals surface area contributed by atoms with E-state index >= 15 is 0 Å². The highest BCUT2D eigenvalue weighted by Crippen LogP contribution is 2.25. The number of aromatic carboxylic acids is 1. The largest absolute Gasteiger partial charge is 0.478 e. The van der Waals surface area contributed by atoms with Gasteiger partial charge in [0.05, 0.1) is 21.3 Å². The van der Waals surface area contributed by atoms with Gasteiger partial charge in [0.2, 0.25) is 5.91 Å². The third kappa shape index (κ3) is 4.15. The molecule has 3 rings (SSSR count). The highest BCUT2D eigenvalue weighted by Gasteiger charge is 2.14. The number of amides is 1. The summed E-state index contributed by atoms with van der Waals surface area (Å²) in [6, 6.07) is 15.8. The van der Waals surface area contributed by atoms with Crippen molar-refractivity contribution in [1.82, 2.24) is 0 Å². The Morgan fingerprint density at radius 3 is 2.27 bits per heavy atom. The third-order valence-electron chi connectivity index (χ3n) is 4.02. The number of anilines is 1. The number of carbonyl (C=O) groups excluding carboxylic acids is 1. The number of rotatable bonds is 5. The first-order valence-corrected chi connectivity index (χ1v) is 8.69. The van der Waals surface area contributed by atoms with Crippen LogP contribution in [-0.2, 0) is 11.2 Å². The number of hydrogen-bond donors (Lipinski definition) is 2. The molecule has 2 N–H and O–H groups in total. The first-order chi connectivity index (χ1) is 12.4. The lowest BCUT2D eigenvalue weighted by atomic mass is 10.0. The molecule has 0 bridgehead atoms. The van der Waals surface area contributed by atoms with Crippen molar-refractivity contribution in [1.29, 1.82) is 0 Å². The summed E-state index contributed by atoms with van der Waals surface area (Å²) in [7, 11) is 0. The van der Waals surface area contributed by atoms with Gasteiger partial charge in [-0.25, -0.2) is 4.79 Å². The smallest absolute Gasteiger partial charge is 0.337 e. The van der Waals surface area contributed by atoms with Gasteiger partial charge in [0.1, 0.15) is 0 Å². The van der Waals surface area contributed by atoms with Crippen molar-refractivity contribution in [3.63, 3.8) is 0 Å². The standard InChI is InChI=1S/C20H15Cl2NO3/c21-16-7-5-12(9-17(16)22)6-8-19(24)23-18-11-14-4-2-1-3-13(14)10-15(18)20(25)26/h1-5,7,9-11H,6,8H2,(H,23,24)(H,25,26). The summed E-state index contributed by atoms with van der Waals surface area (Å²) in [4.78, 5) is 23.8. The number of carbonyl (C=O) groups is 2. The van der Waals surface area contributed by atoms with E-state index in [2.05, 4.69) is 5.32 Å². The van der Waals surface area contributed by atoms with Crippen LogP contribution in [0.1, 0.15) is 22.3 Å². The van der Waals surface area contributed by atoms with Gasteiger partial charge in [0.15, 0.2) is 0 Å². The Morgan fingerprint density at radius 2 is 1.62 bits per heavy atom. The van der Waals surface area contributed by atoms with Gasteiger partial charge >= 0.3 is 5.97 Å². The van der Waals surface area contributed by atoms with Gasteiger partial charge in [0.25, 0.3) is 0 Å². The number of aryl methyl sites for hydroxylation is 1. The lowest BCUT2D eigenvalue weighted by Crippen LogP contribution is -2.15. The van der Waals surface area contributed by atoms with Crippen LogP contribution in [0.15, 0.2) is 54.6 Å². The summed E-state index contributed by atoms with van der Waals surface area (Å²) in [6.07, 6.45) is 0.669. The maximum absolute atomic E-state index is 12.3. The molecule has 26 heavy (non-hydrogen) atoms. The van der Waals surface area contributed by atoms with E-state index in [4.69, 9.17) is 23.2 Å². The van der Waals surface area contributed by atoms with Crippen molar-refractivity contribution in [2.75, 3.05) is 5.32 Å². The molecular formula is C20H15Cl2NO3. The summed E-state index contributed by atoms with van der Waals surface area (Å²) in [5.74, 6) is -1.36. The van der Waals surface area contributed by atoms with E-state index in [0.29, 0.717) is 16.5 Å². The second-order valence-corrected chi connectivity index (χ2v) is 6.66. The van der Waals surface area contributed by atoms with E-state index < -0.39 is 5.97 Å². The highest BCUT2D eigenvalue weighted by atomic mass is 35.5. The summed E-state index contributed by atoms with van der Waals surface area (Å²) >= 11 is 11.9. The van der Waals surface area contributed by atoms with E-state index in [0.717, 1.165) is 16.3 Å². The van der Waals surface area contributed by atoms with Crippen molar-refractivity contribution in [3.05, 3.63) is 75.8 Å². The van der Waals surface area contributed by atoms with Crippen LogP contribution in [0.2, 0.25) is 10.0 Å². The normalized spacial score (nSPS) is 10.7. The van der Waals surface area contributed by atoms with Gasteiger partial charge in [-0.2, -0.15) is 0 Å². The number of hydrogen-bond acceptors (Lipinski definition) is 2. The Bertz CT molecular complexity index is 1000. The Balaban J connectivity index is 1.76. The quantitative estimate of drug-likeness (QED) is 0.614. The number of halogens is 2. The zero-order valence-corrected chi connectivity index (χ0v) is 15.1. The molecule has 0 unspecified atom stereocenters. The third-order valence-corrected chi connectivity index (χ3v) is 4.75. The fraction of sp³-hybridized carbons (Fsp3) is 0.100. The summed E-state index contributed by atoms with van der Waals surface area (Å²) in [6.45, 7) is 0. The maximum atomic E-state index is 12.3. The van der Waals surface area contributed by atoms with Gasteiger partial charge in [-0.05, 0) is 47.0 Å². The summed E-state index contributed by atoms with van der Waals surface area (Å²) in [5, 5.41) is 14.7. The fourth-order valence-corrected chi connectivity index (χ4v) is 3.01. The van der Waals surface area contributed by atoms with Gasteiger partial charge < -0.3 is 10.4 Å². The molecule has 3 aromatic rings. The first kappa shape index (κ1) is 18.2. The van der Waals surface area contributed by atoms with Crippen molar-refractivity contribution in [2.24, 2.45) is 0 Å². The molecule has 0 saturated carbocycles. The molecule has 6 heteroatoms. The Morgan fingerprint density at radius 1 is 0.923 bits per heavy atom. The van der Waals surface area contributed by atoms with Gasteiger partial charge in [-0.15, -0.1) is 0 Å². The average Bonchev–Trinajstić information content (AvgIpc) is 2.62. The van der Waals surface area contributed by atoms with Crippen molar-refractivity contribution < 1.29 is 14.7 Å². The predicted octanol–water partition coefficient (Wildman–Crippen LogP) is 5.42. The van der Waals surface area contributed by atoms with Crippen molar-refractivity contribution in [2.45, 2.75) is 12.8 Å². The molecule has 0 heterocycles. The minimum Gasteiger partial charge on any atom is -0.478 e. The zero-order valence-electron chi connectivity index (χ0n) is 13.6. The second-order valence-electron chi connectivity index (χ2n) is 5.85.